The highest BCUT2D eigenvalue weighted by Crippen LogP contribution is 2.31. The Balaban J connectivity index is 1.73. The quantitative estimate of drug-likeness (QED) is 0.805. The number of rotatable bonds is 6. The summed E-state index contributed by atoms with van der Waals surface area (Å²) >= 11 is 1.37. The van der Waals surface area contributed by atoms with Gasteiger partial charge in [-0.15, -0.1) is 11.3 Å². The Bertz CT molecular complexity index is 443. The molecular weight excluding hydrogens is 262 g/mol. The monoisotopic (exact) mass is 281 g/mol. The van der Waals surface area contributed by atoms with Gasteiger partial charge in [0, 0.05) is 19.6 Å². The Hall–Kier alpha value is -1.40. The lowest BCUT2D eigenvalue weighted by Crippen LogP contribution is -2.43. The van der Waals surface area contributed by atoms with Gasteiger partial charge in [0.1, 0.15) is 0 Å². The number of carbonyl (C=O) groups is 2. The first-order chi connectivity index (χ1) is 9.08. The van der Waals surface area contributed by atoms with Crippen LogP contribution in [0.3, 0.4) is 0 Å². The highest BCUT2D eigenvalue weighted by Gasteiger charge is 2.28. The molecule has 0 saturated heterocycles. The van der Waals surface area contributed by atoms with E-state index in [1.54, 1.807) is 13.1 Å². The zero-order chi connectivity index (χ0) is 13.8. The number of nitrogens with two attached hydrogens (primary N) is 1. The molecular formula is C13H19N3O2S. The summed E-state index contributed by atoms with van der Waals surface area (Å²) < 4.78 is 0. The Morgan fingerprint density at radius 1 is 1.58 bits per heavy atom. The van der Waals surface area contributed by atoms with E-state index in [4.69, 9.17) is 5.73 Å². The first kappa shape index (κ1) is 14.0. The Morgan fingerprint density at radius 3 is 2.89 bits per heavy atom. The van der Waals surface area contributed by atoms with Gasteiger partial charge in [-0.1, -0.05) is 6.07 Å². The molecule has 6 heteroatoms. The summed E-state index contributed by atoms with van der Waals surface area (Å²) in [7, 11) is 1.63. The van der Waals surface area contributed by atoms with Gasteiger partial charge in [-0.25, -0.2) is 0 Å². The van der Waals surface area contributed by atoms with Crippen LogP contribution in [-0.4, -0.2) is 42.9 Å². The highest BCUT2D eigenvalue weighted by atomic mass is 32.1. The van der Waals surface area contributed by atoms with Crippen LogP contribution in [0.25, 0.3) is 0 Å². The molecule has 2 rings (SSSR count). The maximum atomic E-state index is 11.9. The maximum Gasteiger partial charge on any atom is 0.264 e. The summed E-state index contributed by atoms with van der Waals surface area (Å²) in [5, 5.41) is 4.62. The summed E-state index contributed by atoms with van der Waals surface area (Å²) in [5.74, 6) is 0.269. The fourth-order valence-corrected chi connectivity index (χ4v) is 2.57. The molecule has 2 amide bonds. The molecule has 1 unspecified atom stereocenters. The molecule has 3 N–H and O–H groups in total. The molecule has 0 bridgehead atoms. The third-order valence-electron chi connectivity index (χ3n) is 3.22. The van der Waals surface area contributed by atoms with Gasteiger partial charge < -0.3 is 16.0 Å². The minimum atomic E-state index is -0.163. The van der Waals surface area contributed by atoms with Crippen LogP contribution < -0.4 is 11.1 Å². The molecule has 104 valence electrons. The smallest absolute Gasteiger partial charge is 0.264 e. The van der Waals surface area contributed by atoms with Crippen molar-refractivity contribution in [3.63, 3.8) is 0 Å². The van der Waals surface area contributed by atoms with E-state index < -0.39 is 0 Å². The highest BCUT2D eigenvalue weighted by molar-refractivity contribution is 7.12. The average molecular weight is 281 g/mol. The Labute approximate surface area is 116 Å². The number of hydrogen-bond acceptors (Lipinski definition) is 4. The summed E-state index contributed by atoms with van der Waals surface area (Å²) in [6.45, 7) is 0.554. The minimum absolute atomic E-state index is 0.0438. The molecule has 1 aliphatic carbocycles. The van der Waals surface area contributed by atoms with Crippen molar-refractivity contribution in [3.05, 3.63) is 22.4 Å². The van der Waals surface area contributed by atoms with Crippen LogP contribution in [0.15, 0.2) is 17.5 Å². The van der Waals surface area contributed by atoms with E-state index >= 15 is 0 Å². The second kappa shape index (κ2) is 6.16. The molecule has 0 aliphatic heterocycles. The molecule has 1 saturated carbocycles. The lowest BCUT2D eigenvalue weighted by molar-refractivity contribution is -0.121. The van der Waals surface area contributed by atoms with Gasteiger partial charge in [0.2, 0.25) is 5.91 Å². The van der Waals surface area contributed by atoms with Crippen molar-refractivity contribution in [1.29, 1.82) is 0 Å². The van der Waals surface area contributed by atoms with Crippen LogP contribution in [0.2, 0.25) is 0 Å². The number of likely N-dealkylation sites (N-methyl/N-ethyl adjacent to an activating group) is 1. The van der Waals surface area contributed by atoms with E-state index in [-0.39, 0.29) is 24.4 Å². The minimum Gasteiger partial charge on any atom is -0.353 e. The fourth-order valence-electron chi connectivity index (χ4n) is 1.85. The van der Waals surface area contributed by atoms with Crippen molar-refractivity contribution >= 4 is 23.2 Å². The van der Waals surface area contributed by atoms with E-state index in [1.165, 1.54) is 16.2 Å². The SMILES string of the molecule is CN(CC(=O)NCC(N)C1CC1)C(=O)c1cccs1. The predicted octanol–water partition coefficient (Wildman–Crippen LogP) is 0.674. The van der Waals surface area contributed by atoms with Crippen molar-refractivity contribution in [1.82, 2.24) is 10.2 Å². The predicted molar refractivity (Wildman–Crippen MR) is 75.0 cm³/mol. The van der Waals surface area contributed by atoms with Crippen LogP contribution in [0.4, 0.5) is 0 Å². The lowest BCUT2D eigenvalue weighted by atomic mass is 10.2. The first-order valence-electron chi connectivity index (χ1n) is 6.39. The molecule has 5 nitrogen and oxygen atoms in total. The van der Waals surface area contributed by atoms with E-state index in [2.05, 4.69) is 5.32 Å². The number of nitrogens with zero attached hydrogens (tertiary/aromatic N) is 1. The second-order valence-electron chi connectivity index (χ2n) is 4.94. The molecule has 0 radical (unpaired) electrons. The standard InChI is InChI=1S/C13H19N3O2S/c1-16(13(18)11-3-2-6-19-11)8-12(17)15-7-10(14)9-4-5-9/h2-3,6,9-10H,4-5,7-8,14H2,1H3,(H,15,17). The number of nitrogens with one attached hydrogen (secondary N) is 1. The Morgan fingerprint density at radius 2 is 2.32 bits per heavy atom. The van der Waals surface area contributed by atoms with Crippen LogP contribution in [-0.2, 0) is 4.79 Å². The first-order valence-corrected chi connectivity index (χ1v) is 7.27. The molecule has 1 atom stereocenters. The summed E-state index contributed by atoms with van der Waals surface area (Å²) in [6, 6.07) is 3.62. The molecule has 1 fully saturated rings. The molecule has 1 aromatic heterocycles. The van der Waals surface area contributed by atoms with Crippen molar-refractivity contribution in [2.75, 3.05) is 20.1 Å². The normalized spacial score (nSPS) is 15.9. The van der Waals surface area contributed by atoms with Crippen molar-refractivity contribution < 1.29 is 9.59 Å². The van der Waals surface area contributed by atoms with Gasteiger partial charge in [-0.2, -0.15) is 0 Å². The van der Waals surface area contributed by atoms with Crippen molar-refractivity contribution in [3.8, 4) is 0 Å². The molecule has 1 heterocycles. The number of carbonyl (C=O) groups excluding carboxylic acids is 2. The average Bonchev–Trinajstić information content (AvgIpc) is 3.10. The number of thiophene rings is 1. The molecule has 19 heavy (non-hydrogen) atoms. The van der Waals surface area contributed by atoms with Gasteiger partial charge in [0.05, 0.1) is 11.4 Å². The van der Waals surface area contributed by atoms with Gasteiger partial charge in [-0.05, 0) is 30.2 Å². The van der Waals surface area contributed by atoms with Gasteiger partial charge in [-0.3, -0.25) is 9.59 Å². The largest absolute Gasteiger partial charge is 0.353 e. The van der Waals surface area contributed by atoms with Crippen LogP contribution in [0.5, 0.6) is 0 Å². The third-order valence-corrected chi connectivity index (χ3v) is 4.08. The lowest BCUT2D eigenvalue weighted by Gasteiger charge is -2.17. The summed E-state index contributed by atoms with van der Waals surface area (Å²) in [4.78, 5) is 25.7. The zero-order valence-electron chi connectivity index (χ0n) is 11.0. The van der Waals surface area contributed by atoms with Gasteiger partial charge in [0.15, 0.2) is 0 Å². The van der Waals surface area contributed by atoms with Crippen molar-refractivity contribution in [2.24, 2.45) is 11.7 Å². The molecule has 1 aromatic rings. The molecule has 0 spiro atoms. The van der Waals surface area contributed by atoms with E-state index in [0.717, 1.165) is 12.8 Å². The Kier molecular flexibility index (Phi) is 4.55. The van der Waals surface area contributed by atoms with Crippen LogP contribution >= 0.6 is 11.3 Å². The van der Waals surface area contributed by atoms with E-state index in [1.807, 2.05) is 11.4 Å². The van der Waals surface area contributed by atoms with Gasteiger partial charge in [0.25, 0.3) is 5.91 Å². The summed E-state index contributed by atoms with van der Waals surface area (Å²) in [5.41, 5.74) is 5.90. The third kappa shape index (κ3) is 4.04. The van der Waals surface area contributed by atoms with E-state index in [0.29, 0.717) is 17.3 Å². The topological polar surface area (TPSA) is 75.4 Å². The molecule has 0 aromatic carbocycles. The van der Waals surface area contributed by atoms with E-state index in [9.17, 15) is 9.59 Å². The number of hydrogen-bond donors (Lipinski definition) is 2. The van der Waals surface area contributed by atoms with Crippen molar-refractivity contribution in [2.45, 2.75) is 18.9 Å². The maximum absolute atomic E-state index is 11.9. The van der Waals surface area contributed by atoms with Gasteiger partial charge >= 0.3 is 0 Å². The van der Waals surface area contributed by atoms with Crippen LogP contribution in [0.1, 0.15) is 22.5 Å². The second-order valence-corrected chi connectivity index (χ2v) is 5.89. The molecule has 1 aliphatic rings. The fraction of sp³-hybridized carbons (Fsp3) is 0.538. The summed E-state index contributed by atoms with van der Waals surface area (Å²) in [6.07, 6.45) is 2.32. The van der Waals surface area contributed by atoms with Crippen LogP contribution in [0, 0.1) is 5.92 Å². The number of amides is 2. The zero-order valence-corrected chi connectivity index (χ0v) is 11.8.